The fourth-order valence-corrected chi connectivity index (χ4v) is 4.00. The second kappa shape index (κ2) is 9.45. The SMILES string of the molecule is CCOCN(C(=O)CSc1nc2ccc(Cl)cc2[nH]1)c1c(C)cccc1CC. The van der Waals surface area contributed by atoms with E-state index in [0.717, 1.165) is 34.3 Å². The third-order valence-electron chi connectivity index (χ3n) is 4.45. The van der Waals surface area contributed by atoms with E-state index >= 15 is 0 Å². The van der Waals surface area contributed by atoms with Crippen molar-refractivity contribution >= 4 is 46.0 Å². The second-order valence-electron chi connectivity index (χ2n) is 6.37. The molecule has 3 aromatic rings. The number of aromatic amines is 1. The number of hydrogen-bond acceptors (Lipinski definition) is 4. The topological polar surface area (TPSA) is 58.2 Å². The van der Waals surface area contributed by atoms with Crippen LogP contribution >= 0.6 is 23.4 Å². The minimum Gasteiger partial charge on any atom is -0.361 e. The maximum Gasteiger partial charge on any atom is 0.239 e. The van der Waals surface area contributed by atoms with Gasteiger partial charge in [0.2, 0.25) is 5.91 Å². The Morgan fingerprint density at radius 3 is 2.86 bits per heavy atom. The van der Waals surface area contributed by atoms with Crippen LogP contribution in [0.5, 0.6) is 0 Å². The minimum atomic E-state index is -0.0130. The number of aryl methyl sites for hydroxylation is 2. The number of nitrogens with one attached hydrogen (secondary N) is 1. The standard InChI is InChI=1S/C21H24ClN3O2S/c1-4-15-8-6-7-14(3)20(15)25(13-27-5-2)19(26)12-28-21-23-17-10-9-16(22)11-18(17)24-21/h6-11H,4-5,12-13H2,1-3H3,(H,23,24). The Balaban J connectivity index is 1.79. The van der Waals surface area contributed by atoms with E-state index in [1.807, 2.05) is 38.1 Å². The quantitative estimate of drug-likeness (QED) is 0.404. The summed E-state index contributed by atoms with van der Waals surface area (Å²) < 4.78 is 5.60. The first-order valence-corrected chi connectivity index (χ1v) is 10.6. The summed E-state index contributed by atoms with van der Waals surface area (Å²) in [6.45, 7) is 6.83. The summed E-state index contributed by atoms with van der Waals surface area (Å²) in [5.41, 5.74) is 4.84. The first-order valence-electron chi connectivity index (χ1n) is 9.28. The summed E-state index contributed by atoms with van der Waals surface area (Å²) in [6.07, 6.45) is 0.852. The summed E-state index contributed by atoms with van der Waals surface area (Å²) >= 11 is 7.41. The van der Waals surface area contributed by atoms with E-state index in [1.165, 1.54) is 11.8 Å². The van der Waals surface area contributed by atoms with E-state index in [0.29, 0.717) is 16.8 Å². The second-order valence-corrected chi connectivity index (χ2v) is 7.77. The number of para-hydroxylation sites is 1. The van der Waals surface area contributed by atoms with Crippen LogP contribution in [0.15, 0.2) is 41.6 Å². The highest BCUT2D eigenvalue weighted by Gasteiger charge is 2.21. The van der Waals surface area contributed by atoms with Gasteiger partial charge in [-0.2, -0.15) is 0 Å². The highest BCUT2D eigenvalue weighted by atomic mass is 35.5. The van der Waals surface area contributed by atoms with E-state index in [2.05, 4.69) is 23.0 Å². The number of anilines is 1. The lowest BCUT2D eigenvalue weighted by atomic mass is 10.0. The fraction of sp³-hybridized carbons (Fsp3) is 0.333. The zero-order valence-corrected chi connectivity index (χ0v) is 17.9. The average molecular weight is 418 g/mol. The molecule has 1 amide bonds. The first-order chi connectivity index (χ1) is 13.5. The molecule has 1 N–H and O–H groups in total. The van der Waals surface area contributed by atoms with Crippen molar-refractivity contribution in [3.63, 3.8) is 0 Å². The van der Waals surface area contributed by atoms with Crippen LogP contribution in [0.4, 0.5) is 5.69 Å². The molecular weight excluding hydrogens is 394 g/mol. The van der Waals surface area contributed by atoms with Gasteiger partial charge in [0.1, 0.15) is 6.73 Å². The molecule has 0 atom stereocenters. The summed E-state index contributed by atoms with van der Waals surface area (Å²) in [5, 5.41) is 1.35. The molecule has 28 heavy (non-hydrogen) atoms. The number of halogens is 1. The van der Waals surface area contributed by atoms with E-state index in [1.54, 1.807) is 11.0 Å². The predicted molar refractivity (Wildman–Crippen MR) is 116 cm³/mol. The van der Waals surface area contributed by atoms with Crippen molar-refractivity contribution in [2.24, 2.45) is 0 Å². The Morgan fingerprint density at radius 1 is 1.29 bits per heavy atom. The number of carbonyl (C=O) groups excluding carboxylic acids is 1. The summed E-state index contributed by atoms with van der Waals surface area (Å²) in [6, 6.07) is 11.6. The molecule has 7 heteroatoms. The Bertz CT molecular complexity index is 973. The molecule has 3 rings (SSSR count). The largest absolute Gasteiger partial charge is 0.361 e. The average Bonchev–Trinajstić information content (AvgIpc) is 3.09. The molecule has 0 spiro atoms. The van der Waals surface area contributed by atoms with Gasteiger partial charge in [0, 0.05) is 11.6 Å². The molecule has 0 radical (unpaired) electrons. The molecule has 2 aromatic carbocycles. The van der Waals surface area contributed by atoms with Crippen molar-refractivity contribution in [2.75, 3.05) is 24.0 Å². The van der Waals surface area contributed by atoms with Crippen LogP contribution < -0.4 is 4.90 Å². The molecule has 0 saturated heterocycles. The van der Waals surface area contributed by atoms with E-state index in [4.69, 9.17) is 16.3 Å². The van der Waals surface area contributed by atoms with Gasteiger partial charge in [-0.1, -0.05) is 48.5 Å². The summed E-state index contributed by atoms with van der Waals surface area (Å²) in [7, 11) is 0. The van der Waals surface area contributed by atoms with Gasteiger partial charge in [0.15, 0.2) is 5.16 Å². The Kier molecular flexibility index (Phi) is 6.99. The summed E-state index contributed by atoms with van der Waals surface area (Å²) in [5.74, 6) is 0.249. The Hall–Kier alpha value is -2.02. The van der Waals surface area contributed by atoms with Crippen molar-refractivity contribution in [3.8, 4) is 0 Å². The first kappa shape index (κ1) is 20.7. The molecule has 1 aromatic heterocycles. The molecule has 1 heterocycles. The monoisotopic (exact) mass is 417 g/mol. The van der Waals surface area contributed by atoms with Gasteiger partial charge in [-0.05, 0) is 49.6 Å². The van der Waals surface area contributed by atoms with Crippen molar-refractivity contribution < 1.29 is 9.53 Å². The third-order valence-corrected chi connectivity index (χ3v) is 5.55. The lowest BCUT2D eigenvalue weighted by Crippen LogP contribution is -2.36. The number of fused-ring (bicyclic) bond motifs is 1. The Morgan fingerprint density at radius 2 is 2.11 bits per heavy atom. The van der Waals surface area contributed by atoms with Crippen LogP contribution in [0.2, 0.25) is 5.02 Å². The van der Waals surface area contributed by atoms with E-state index in [-0.39, 0.29) is 18.4 Å². The van der Waals surface area contributed by atoms with Crippen LogP contribution in [0.25, 0.3) is 11.0 Å². The molecule has 148 valence electrons. The maximum absolute atomic E-state index is 13.1. The molecular formula is C21H24ClN3O2S. The van der Waals surface area contributed by atoms with Crippen LogP contribution in [0.1, 0.15) is 25.0 Å². The molecule has 0 unspecified atom stereocenters. The number of benzene rings is 2. The van der Waals surface area contributed by atoms with Crippen molar-refractivity contribution in [3.05, 3.63) is 52.5 Å². The molecule has 0 aliphatic rings. The lowest BCUT2D eigenvalue weighted by molar-refractivity contribution is -0.117. The predicted octanol–water partition coefficient (Wildman–Crippen LogP) is 5.21. The smallest absolute Gasteiger partial charge is 0.239 e. The molecule has 0 fully saturated rings. The van der Waals surface area contributed by atoms with Gasteiger partial charge in [0.05, 0.1) is 22.5 Å². The number of rotatable bonds is 8. The van der Waals surface area contributed by atoms with Crippen molar-refractivity contribution in [2.45, 2.75) is 32.3 Å². The number of nitrogens with zero attached hydrogens (tertiary/aromatic N) is 2. The third kappa shape index (κ3) is 4.69. The molecule has 0 saturated carbocycles. The Labute approximate surface area is 174 Å². The zero-order valence-electron chi connectivity index (χ0n) is 16.3. The number of thioether (sulfide) groups is 1. The van der Waals surface area contributed by atoms with Crippen molar-refractivity contribution in [1.29, 1.82) is 0 Å². The van der Waals surface area contributed by atoms with Gasteiger partial charge >= 0.3 is 0 Å². The van der Waals surface area contributed by atoms with Gasteiger partial charge in [-0.15, -0.1) is 0 Å². The highest BCUT2D eigenvalue weighted by Crippen LogP contribution is 2.28. The van der Waals surface area contributed by atoms with Gasteiger partial charge in [0.25, 0.3) is 0 Å². The maximum atomic E-state index is 13.1. The van der Waals surface area contributed by atoms with Gasteiger partial charge in [-0.25, -0.2) is 4.98 Å². The lowest BCUT2D eigenvalue weighted by Gasteiger charge is -2.26. The molecule has 0 aliphatic carbocycles. The zero-order chi connectivity index (χ0) is 20.1. The normalized spacial score (nSPS) is 11.1. The number of amides is 1. The van der Waals surface area contributed by atoms with Crippen LogP contribution in [0, 0.1) is 6.92 Å². The van der Waals surface area contributed by atoms with E-state index in [9.17, 15) is 4.79 Å². The summed E-state index contributed by atoms with van der Waals surface area (Å²) in [4.78, 5) is 22.5. The van der Waals surface area contributed by atoms with Crippen molar-refractivity contribution in [1.82, 2.24) is 9.97 Å². The number of hydrogen-bond donors (Lipinski definition) is 1. The van der Waals surface area contributed by atoms with Crippen LogP contribution in [-0.4, -0.2) is 35.0 Å². The van der Waals surface area contributed by atoms with Crippen LogP contribution in [0.3, 0.4) is 0 Å². The number of carbonyl (C=O) groups is 1. The highest BCUT2D eigenvalue weighted by molar-refractivity contribution is 7.99. The molecule has 0 bridgehead atoms. The number of aromatic nitrogens is 2. The minimum absolute atomic E-state index is 0.0130. The number of imidazole rings is 1. The van der Waals surface area contributed by atoms with Gasteiger partial charge < -0.3 is 9.72 Å². The van der Waals surface area contributed by atoms with E-state index < -0.39 is 0 Å². The molecule has 0 aliphatic heterocycles. The number of ether oxygens (including phenoxy) is 1. The fourth-order valence-electron chi connectivity index (χ4n) is 3.07. The van der Waals surface area contributed by atoms with Gasteiger partial charge in [-0.3, -0.25) is 9.69 Å². The number of H-pyrrole nitrogens is 1. The van der Waals surface area contributed by atoms with Crippen LogP contribution in [-0.2, 0) is 16.0 Å². The molecule has 5 nitrogen and oxygen atoms in total.